The molecule has 2 nitrogen and oxygen atoms in total. The minimum Gasteiger partial charge on any atom is -0.376 e. The fourth-order valence-corrected chi connectivity index (χ4v) is 2.71. The van der Waals surface area contributed by atoms with Crippen molar-refractivity contribution in [1.29, 1.82) is 5.26 Å². The lowest BCUT2D eigenvalue weighted by Crippen LogP contribution is -2.10. The molecule has 0 heterocycles. The SMILES string of the molecule is N#CC1(c2ccccc2)CC1COCc1ccccc1. The van der Waals surface area contributed by atoms with Gasteiger partial charge in [0.1, 0.15) is 0 Å². The average Bonchev–Trinajstić information content (AvgIpc) is 3.24. The normalized spacial score (nSPS) is 24.1. The van der Waals surface area contributed by atoms with Crippen LogP contribution < -0.4 is 0 Å². The van der Waals surface area contributed by atoms with Crippen molar-refractivity contribution in [3.05, 3.63) is 71.8 Å². The van der Waals surface area contributed by atoms with Gasteiger partial charge in [-0.2, -0.15) is 5.26 Å². The maximum absolute atomic E-state index is 9.49. The van der Waals surface area contributed by atoms with Crippen molar-refractivity contribution in [3.63, 3.8) is 0 Å². The van der Waals surface area contributed by atoms with E-state index in [0.29, 0.717) is 19.1 Å². The number of hydrogen-bond donors (Lipinski definition) is 0. The second-order valence-corrected chi connectivity index (χ2v) is 5.35. The summed E-state index contributed by atoms with van der Waals surface area (Å²) in [4.78, 5) is 0. The molecule has 100 valence electrons. The molecule has 1 fully saturated rings. The first-order valence-electron chi connectivity index (χ1n) is 6.93. The van der Waals surface area contributed by atoms with E-state index in [-0.39, 0.29) is 5.41 Å². The minimum atomic E-state index is -0.321. The van der Waals surface area contributed by atoms with Gasteiger partial charge in [-0.05, 0) is 17.5 Å². The largest absolute Gasteiger partial charge is 0.376 e. The summed E-state index contributed by atoms with van der Waals surface area (Å²) in [6.07, 6.45) is 0.905. The maximum Gasteiger partial charge on any atom is 0.0877 e. The molecule has 1 saturated carbocycles. The monoisotopic (exact) mass is 263 g/mol. The Kier molecular flexibility index (Phi) is 3.54. The van der Waals surface area contributed by atoms with Gasteiger partial charge in [0, 0.05) is 5.92 Å². The zero-order valence-corrected chi connectivity index (χ0v) is 11.3. The molecule has 0 amide bonds. The van der Waals surface area contributed by atoms with E-state index in [9.17, 15) is 5.26 Å². The molecular weight excluding hydrogens is 246 g/mol. The van der Waals surface area contributed by atoms with Crippen LogP contribution in [0.4, 0.5) is 0 Å². The molecule has 0 bridgehead atoms. The molecule has 0 aromatic heterocycles. The van der Waals surface area contributed by atoms with E-state index in [1.807, 2.05) is 48.5 Å². The van der Waals surface area contributed by atoms with Gasteiger partial charge in [-0.25, -0.2) is 0 Å². The van der Waals surface area contributed by atoms with E-state index in [2.05, 4.69) is 18.2 Å². The molecule has 2 unspecified atom stereocenters. The highest BCUT2D eigenvalue weighted by molar-refractivity contribution is 5.41. The number of nitriles is 1. The maximum atomic E-state index is 9.49. The van der Waals surface area contributed by atoms with Gasteiger partial charge in [0.05, 0.1) is 24.7 Å². The molecule has 1 aliphatic carbocycles. The van der Waals surface area contributed by atoms with Gasteiger partial charge >= 0.3 is 0 Å². The number of hydrogen-bond acceptors (Lipinski definition) is 2. The molecule has 2 heteroatoms. The molecule has 2 aromatic rings. The summed E-state index contributed by atoms with van der Waals surface area (Å²) in [6.45, 7) is 1.27. The fourth-order valence-electron chi connectivity index (χ4n) is 2.71. The average molecular weight is 263 g/mol. The number of rotatable bonds is 5. The predicted octanol–water partition coefficient (Wildman–Crippen LogP) is 3.68. The second-order valence-electron chi connectivity index (χ2n) is 5.35. The van der Waals surface area contributed by atoms with Crippen molar-refractivity contribution < 1.29 is 4.74 Å². The molecule has 0 spiro atoms. The van der Waals surface area contributed by atoms with Crippen molar-refractivity contribution in [1.82, 2.24) is 0 Å². The Hall–Kier alpha value is -2.11. The van der Waals surface area contributed by atoms with Crippen LogP contribution >= 0.6 is 0 Å². The van der Waals surface area contributed by atoms with Crippen molar-refractivity contribution in [3.8, 4) is 6.07 Å². The third kappa shape index (κ3) is 2.45. The van der Waals surface area contributed by atoms with Crippen LogP contribution in [0.25, 0.3) is 0 Å². The Morgan fingerprint density at radius 1 is 1.05 bits per heavy atom. The summed E-state index contributed by atoms with van der Waals surface area (Å²) >= 11 is 0. The predicted molar refractivity (Wildman–Crippen MR) is 77.9 cm³/mol. The molecule has 1 aliphatic rings. The molecule has 0 radical (unpaired) electrons. The van der Waals surface area contributed by atoms with Crippen molar-refractivity contribution in [2.24, 2.45) is 5.92 Å². The Morgan fingerprint density at radius 2 is 1.70 bits per heavy atom. The zero-order chi connectivity index (χ0) is 13.8. The second kappa shape index (κ2) is 5.48. The Morgan fingerprint density at radius 3 is 2.35 bits per heavy atom. The highest BCUT2D eigenvalue weighted by atomic mass is 16.5. The van der Waals surface area contributed by atoms with Crippen molar-refractivity contribution in [2.75, 3.05) is 6.61 Å². The molecule has 3 rings (SSSR count). The number of benzene rings is 2. The van der Waals surface area contributed by atoms with E-state index in [1.165, 1.54) is 5.56 Å². The van der Waals surface area contributed by atoms with Gasteiger partial charge in [0.25, 0.3) is 0 Å². The fraction of sp³-hybridized carbons (Fsp3) is 0.278. The van der Waals surface area contributed by atoms with E-state index in [0.717, 1.165) is 12.0 Å². The molecule has 2 aromatic carbocycles. The molecule has 20 heavy (non-hydrogen) atoms. The smallest absolute Gasteiger partial charge is 0.0877 e. The summed E-state index contributed by atoms with van der Waals surface area (Å²) < 4.78 is 5.77. The molecule has 0 N–H and O–H groups in total. The molecule has 2 atom stereocenters. The van der Waals surface area contributed by atoms with Gasteiger partial charge in [-0.3, -0.25) is 0 Å². The van der Waals surface area contributed by atoms with Crippen LogP contribution in [0.1, 0.15) is 17.5 Å². The third-order valence-electron chi connectivity index (χ3n) is 4.02. The lowest BCUT2D eigenvalue weighted by Gasteiger charge is -2.09. The van der Waals surface area contributed by atoms with Gasteiger partial charge in [-0.15, -0.1) is 0 Å². The van der Waals surface area contributed by atoms with Crippen LogP contribution in [0.2, 0.25) is 0 Å². The van der Waals surface area contributed by atoms with Crippen LogP contribution in [0.3, 0.4) is 0 Å². The van der Waals surface area contributed by atoms with Crippen molar-refractivity contribution >= 4 is 0 Å². The quantitative estimate of drug-likeness (QED) is 0.824. The minimum absolute atomic E-state index is 0.318. The number of ether oxygens (including phenoxy) is 1. The Labute approximate surface area is 119 Å². The standard InChI is InChI=1S/C18H17NO/c19-14-18(16-9-5-2-6-10-16)11-17(18)13-20-12-15-7-3-1-4-8-15/h1-10,17H,11-13H2. The Bertz CT molecular complexity index is 602. The van der Waals surface area contributed by atoms with Crippen LogP contribution in [0.15, 0.2) is 60.7 Å². The van der Waals surface area contributed by atoms with Gasteiger partial charge in [0.2, 0.25) is 0 Å². The van der Waals surface area contributed by atoms with Crippen LogP contribution in [0.5, 0.6) is 0 Å². The van der Waals surface area contributed by atoms with E-state index >= 15 is 0 Å². The van der Waals surface area contributed by atoms with Gasteiger partial charge in [0.15, 0.2) is 0 Å². The van der Waals surface area contributed by atoms with Crippen molar-refractivity contribution in [2.45, 2.75) is 18.4 Å². The summed E-state index contributed by atoms with van der Waals surface area (Å²) in [5, 5.41) is 9.49. The summed E-state index contributed by atoms with van der Waals surface area (Å²) in [6, 6.07) is 22.7. The first-order chi connectivity index (χ1) is 9.85. The lowest BCUT2D eigenvalue weighted by molar-refractivity contribution is 0.108. The first-order valence-corrected chi connectivity index (χ1v) is 6.93. The summed E-state index contributed by atoms with van der Waals surface area (Å²) in [5.41, 5.74) is 1.98. The molecular formula is C18H17NO. The first kappa shape index (κ1) is 12.9. The third-order valence-corrected chi connectivity index (χ3v) is 4.02. The Balaban J connectivity index is 1.57. The van der Waals surface area contributed by atoms with E-state index in [4.69, 9.17) is 4.74 Å². The summed E-state index contributed by atoms with van der Waals surface area (Å²) in [7, 11) is 0. The van der Waals surface area contributed by atoms with Crippen LogP contribution in [-0.4, -0.2) is 6.61 Å². The highest BCUT2D eigenvalue weighted by Gasteiger charge is 2.56. The topological polar surface area (TPSA) is 33.0 Å². The molecule has 0 saturated heterocycles. The number of nitrogens with zero attached hydrogens (tertiary/aromatic N) is 1. The van der Waals surface area contributed by atoms with Gasteiger partial charge in [-0.1, -0.05) is 60.7 Å². The lowest BCUT2D eigenvalue weighted by atomic mass is 9.95. The summed E-state index contributed by atoms with van der Waals surface area (Å²) in [5.74, 6) is 0.318. The highest BCUT2D eigenvalue weighted by Crippen LogP contribution is 2.53. The van der Waals surface area contributed by atoms with E-state index in [1.54, 1.807) is 0 Å². The van der Waals surface area contributed by atoms with Crippen LogP contribution in [-0.2, 0) is 16.8 Å². The van der Waals surface area contributed by atoms with E-state index < -0.39 is 0 Å². The van der Waals surface area contributed by atoms with Gasteiger partial charge < -0.3 is 4.74 Å². The zero-order valence-electron chi connectivity index (χ0n) is 11.3. The molecule has 0 aliphatic heterocycles. The van der Waals surface area contributed by atoms with Crippen LogP contribution in [0, 0.1) is 17.2 Å².